The van der Waals surface area contributed by atoms with E-state index < -0.39 is 5.43 Å². The highest BCUT2D eigenvalue weighted by Gasteiger charge is 1.86. The molecule has 0 aliphatic rings. The molecule has 0 aromatic heterocycles. The monoisotopic (exact) mass is 108 g/mol. The zero-order chi connectivity index (χ0) is 4.99. The topological polar surface area (TPSA) is 43.4 Å². The van der Waals surface area contributed by atoms with Gasteiger partial charge in [0.2, 0.25) is 0 Å². The lowest BCUT2D eigenvalue weighted by Crippen LogP contribution is -1.86. The third-order valence-corrected chi connectivity index (χ3v) is 0.230. The van der Waals surface area contributed by atoms with Gasteiger partial charge in [0.15, 0.2) is 0 Å². The molecule has 0 rings (SSSR count). The molecule has 0 N–H and O–H groups in total. The Morgan fingerprint density at radius 3 is 2.33 bits per heavy atom. The van der Waals surface area contributed by atoms with Crippen LogP contribution in [0.4, 0.5) is 4.79 Å². The van der Waals surface area contributed by atoms with Gasteiger partial charge in [0.25, 0.3) is 0 Å². The largest absolute Gasteiger partial charge is 0.411 e. The lowest BCUT2D eigenvalue weighted by atomic mass is 11.4. The van der Waals surface area contributed by atoms with E-state index in [0.717, 1.165) is 0 Å². The predicted octanol–water partition coefficient (Wildman–Crippen LogP) is 0.518. The second-order valence-electron chi connectivity index (χ2n) is 0.452. The molecule has 0 unspecified atom stereocenters. The molecular formula is C2HClO3. The molecule has 0 aromatic carbocycles. The molecule has 0 atom stereocenters. The van der Waals surface area contributed by atoms with Crippen molar-refractivity contribution in [1.29, 1.82) is 0 Å². The van der Waals surface area contributed by atoms with Gasteiger partial charge >= 0.3 is 11.9 Å². The minimum Gasteiger partial charge on any atom is -0.383 e. The zero-order valence-corrected chi connectivity index (χ0v) is 3.44. The van der Waals surface area contributed by atoms with Gasteiger partial charge in [0.05, 0.1) is 0 Å². The number of hydrogen-bond donors (Lipinski definition) is 0. The summed E-state index contributed by atoms with van der Waals surface area (Å²) in [5.74, 6) is 0. The highest BCUT2D eigenvalue weighted by molar-refractivity contribution is 6.61. The molecule has 34 valence electrons. The minimum absolute atomic E-state index is 0.0324. The lowest BCUT2D eigenvalue weighted by Gasteiger charge is -1.75. The van der Waals surface area contributed by atoms with Crippen LogP contribution in [0.1, 0.15) is 0 Å². The summed E-state index contributed by atoms with van der Waals surface area (Å²) < 4.78 is 3.49. The molecule has 0 aliphatic heterocycles. The van der Waals surface area contributed by atoms with E-state index in [0.29, 0.717) is 0 Å². The summed E-state index contributed by atoms with van der Waals surface area (Å²) >= 11 is 4.49. The zero-order valence-electron chi connectivity index (χ0n) is 2.68. The SMILES string of the molecule is O=COC(=O)Cl. The fraction of sp³-hybridized carbons (Fsp3) is 0. The first-order valence-corrected chi connectivity index (χ1v) is 1.45. The fourth-order valence-electron chi connectivity index (χ4n) is 0.0378. The Hall–Kier alpha value is -0.570. The van der Waals surface area contributed by atoms with Crippen LogP contribution >= 0.6 is 11.6 Å². The van der Waals surface area contributed by atoms with Crippen LogP contribution in [0.5, 0.6) is 0 Å². The van der Waals surface area contributed by atoms with E-state index in [1.165, 1.54) is 0 Å². The van der Waals surface area contributed by atoms with Crippen molar-refractivity contribution in [3.05, 3.63) is 0 Å². The predicted molar refractivity (Wildman–Crippen MR) is 18.4 cm³/mol. The highest BCUT2D eigenvalue weighted by Crippen LogP contribution is 1.79. The Kier molecular flexibility index (Phi) is 2.40. The van der Waals surface area contributed by atoms with Crippen LogP contribution < -0.4 is 0 Å². The Balaban J connectivity index is 3.05. The highest BCUT2D eigenvalue weighted by atomic mass is 35.5. The summed E-state index contributed by atoms with van der Waals surface area (Å²) in [5, 5.41) is 0. The van der Waals surface area contributed by atoms with Gasteiger partial charge in [-0.05, 0) is 0 Å². The van der Waals surface area contributed by atoms with Crippen LogP contribution in [0, 0.1) is 0 Å². The van der Waals surface area contributed by atoms with Gasteiger partial charge in [-0.2, -0.15) is 0 Å². The van der Waals surface area contributed by atoms with Gasteiger partial charge in [-0.3, -0.25) is 4.79 Å². The third kappa shape index (κ3) is 3.43. The summed E-state index contributed by atoms with van der Waals surface area (Å²) in [7, 11) is 0. The van der Waals surface area contributed by atoms with Crippen molar-refractivity contribution in [2.24, 2.45) is 0 Å². The van der Waals surface area contributed by atoms with Crippen LogP contribution in [0.25, 0.3) is 0 Å². The van der Waals surface area contributed by atoms with Crippen molar-refractivity contribution >= 4 is 23.5 Å². The van der Waals surface area contributed by atoms with E-state index >= 15 is 0 Å². The molecule has 3 nitrogen and oxygen atoms in total. The average Bonchev–Trinajstić information content (AvgIpc) is 1.35. The molecule has 6 heavy (non-hydrogen) atoms. The Labute approximate surface area is 38.8 Å². The molecule has 0 amide bonds. The van der Waals surface area contributed by atoms with Crippen molar-refractivity contribution < 1.29 is 14.3 Å². The summed E-state index contributed by atoms with van der Waals surface area (Å²) in [5.41, 5.74) is -1.11. The average molecular weight is 108 g/mol. The molecule has 0 fully saturated rings. The fourth-order valence-corrected chi connectivity index (χ4v) is 0.0742. The Morgan fingerprint density at radius 1 is 1.83 bits per heavy atom. The van der Waals surface area contributed by atoms with Gasteiger partial charge in [0.1, 0.15) is 0 Å². The molecule has 0 heterocycles. The van der Waals surface area contributed by atoms with E-state index in [-0.39, 0.29) is 6.47 Å². The summed E-state index contributed by atoms with van der Waals surface area (Å²) in [6.45, 7) is -0.0324. The number of rotatable bonds is 1. The maximum Gasteiger partial charge on any atom is 0.411 e. The van der Waals surface area contributed by atoms with E-state index in [9.17, 15) is 4.79 Å². The van der Waals surface area contributed by atoms with Crippen molar-refractivity contribution in [3.63, 3.8) is 0 Å². The Bertz CT molecular complexity index is 69.2. The first-order chi connectivity index (χ1) is 2.77. The second-order valence-corrected chi connectivity index (χ2v) is 0.760. The van der Waals surface area contributed by atoms with Crippen molar-refractivity contribution in [1.82, 2.24) is 0 Å². The van der Waals surface area contributed by atoms with Crippen LogP contribution in [-0.4, -0.2) is 11.9 Å². The lowest BCUT2D eigenvalue weighted by molar-refractivity contribution is -0.122. The van der Waals surface area contributed by atoms with Gasteiger partial charge in [0, 0.05) is 11.6 Å². The molecule has 0 aromatic rings. The second kappa shape index (κ2) is 2.66. The van der Waals surface area contributed by atoms with E-state index in [1.807, 2.05) is 0 Å². The number of carbonyl (C=O) groups excluding carboxylic acids is 2. The minimum atomic E-state index is -1.11. The van der Waals surface area contributed by atoms with Crippen LogP contribution in [0.2, 0.25) is 0 Å². The van der Waals surface area contributed by atoms with Crippen molar-refractivity contribution in [2.75, 3.05) is 0 Å². The van der Waals surface area contributed by atoms with Gasteiger partial charge in [-0.15, -0.1) is 0 Å². The third-order valence-electron chi connectivity index (χ3n) is 0.141. The van der Waals surface area contributed by atoms with Gasteiger partial charge in [-0.25, -0.2) is 4.79 Å². The number of carbonyl (C=O) groups is 2. The molecular weight excluding hydrogens is 107 g/mol. The van der Waals surface area contributed by atoms with Gasteiger partial charge in [-0.1, -0.05) is 0 Å². The molecule has 0 saturated heterocycles. The summed E-state index contributed by atoms with van der Waals surface area (Å²) in [6.07, 6.45) is 0. The molecule has 0 aliphatic carbocycles. The van der Waals surface area contributed by atoms with Crippen LogP contribution in [0.15, 0.2) is 0 Å². The normalized spacial score (nSPS) is 6.83. The maximum atomic E-state index is 9.36. The maximum absolute atomic E-state index is 9.36. The van der Waals surface area contributed by atoms with Gasteiger partial charge < -0.3 is 4.74 Å². The molecule has 4 heteroatoms. The van der Waals surface area contributed by atoms with E-state index in [4.69, 9.17) is 4.79 Å². The molecule has 0 radical (unpaired) electrons. The van der Waals surface area contributed by atoms with E-state index in [1.54, 1.807) is 0 Å². The summed E-state index contributed by atoms with van der Waals surface area (Å²) in [6, 6.07) is 0. The standard InChI is InChI=1S/C2HClO3/c3-2(5)6-1-4/h1H. The molecule has 0 saturated carbocycles. The van der Waals surface area contributed by atoms with E-state index in [2.05, 4.69) is 16.3 Å². The number of hydrogen-bond acceptors (Lipinski definition) is 3. The van der Waals surface area contributed by atoms with Crippen molar-refractivity contribution in [3.8, 4) is 0 Å². The number of ether oxygens (including phenoxy) is 1. The molecule has 0 spiro atoms. The van der Waals surface area contributed by atoms with Crippen molar-refractivity contribution in [2.45, 2.75) is 0 Å². The first-order valence-electron chi connectivity index (χ1n) is 1.07. The Morgan fingerprint density at radius 2 is 2.33 bits per heavy atom. The molecule has 0 bridgehead atoms. The van der Waals surface area contributed by atoms with Crippen LogP contribution in [0.3, 0.4) is 0 Å². The van der Waals surface area contributed by atoms with Crippen LogP contribution in [-0.2, 0) is 9.53 Å². The summed E-state index contributed by atoms with van der Waals surface area (Å²) in [4.78, 5) is 18.4. The quantitative estimate of drug-likeness (QED) is 0.279. The smallest absolute Gasteiger partial charge is 0.383 e. The number of halogens is 1. The first kappa shape index (κ1) is 5.43.